The standard InChI is InChI=1S/C12H14N2O2S2/c1-3-6-16-12(15)14-5-4-9(8(14)2)10-7-18-11(17)13-10/h3-4,7-8H,1,5-6H2,2H3,(H,13,17)/t8-/m1/s1. The number of hydrogen-bond acceptors (Lipinski definition) is 4. The highest BCUT2D eigenvalue weighted by atomic mass is 32.1. The average molecular weight is 282 g/mol. The van der Waals surface area contributed by atoms with Crippen LogP contribution in [0.4, 0.5) is 4.79 Å². The third-order valence-corrected chi connectivity index (χ3v) is 3.88. The Hall–Kier alpha value is -1.40. The minimum absolute atomic E-state index is 0.0115. The van der Waals surface area contributed by atoms with Gasteiger partial charge in [0, 0.05) is 11.9 Å². The molecule has 18 heavy (non-hydrogen) atoms. The highest BCUT2D eigenvalue weighted by Crippen LogP contribution is 2.28. The van der Waals surface area contributed by atoms with Crippen LogP contribution in [0.15, 0.2) is 24.1 Å². The van der Waals surface area contributed by atoms with Crippen LogP contribution in [0.5, 0.6) is 0 Å². The van der Waals surface area contributed by atoms with E-state index in [2.05, 4.69) is 11.6 Å². The Morgan fingerprint density at radius 1 is 1.83 bits per heavy atom. The minimum atomic E-state index is -0.317. The molecule has 0 aromatic carbocycles. The van der Waals surface area contributed by atoms with Gasteiger partial charge in [-0.25, -0.2) is 4.79 Å². The number of aromatic nitrogens is 1. The number of carbonyl (C=O) groups is 1. The molecule has 1 aliphatic rings. The van der Waals surface area contributed by atoms with Crippen molar-refractivity contribution in [2.24, 2.45) is 0 Å². The van der Waals surface area contributed by atoms with E-state index >= 15 is 0 Å². The largest absolute Gasteiger partial charge is 0.445 e. The second kappa shape index (κ2) is 5.49. The maximum absolute atomic E-state index is 11.8. The molecule has 6 heteroatoms. The lowest BCUT2D eigenvalue weighted by Gasteiger charge is -2.22. The quantitative estimate of drug-likeness (QED) is 0.684. The van der Waals surface area contributed by atoms with Crippen LogP contribution in [0.25, 0.3) is 5.57 Å². The second-order valence-electron chi connectivity index (χ2n) is 3.92. The Bertz CT molecular complexity index is 544. The highest BCUT2D eigenvalue weighted by molar-refractivity contribution is 7.73. The third kappa shape index (κ3) is 2.54. The zero-order valence-electron chi connectivity index (χ0n) is 10.0. The molecular weight excluding hydrogens is 268 g/mol. The molecule has 1 N–H and O–H groups in total. The number of nitrogens with one attached hydrogen (secondary N) is 1. The summed E-state index contributed by atoms with van der Waals surface area (Å²) in [6, 6.07) is -0.0115. The van der Waals surface area contributed by atoms with Crippen LogP contribution in [-0.4, -0.2) is 35.2 Å². The fourth-order valence-electron chi connectivity index (χ4n) is 1.90. The lowest BCUT2D eigenvalue weighted by molar-refractivity contribution is 0.114. The van der Waals surface area contributed by atoms with E-state index in [4.69, 9.17) is 17.0 Å². The van der Waals surface area contributed by atoms with E-state index in [0.717, 1.165) is 15.2 Å². The van der Waals surface area contributed by atoms with Crippen LogP contribution in [0.1, 0.15) is 12.6 Å². The molecule has 1 aromatic heterocycles. The van der Waals surface area contributed by atoms with E-state index in [0.29, 0.717) is 6.54 Å². The van der Waals surface area contributed by atoms with Gasteiger partial charge in [0.2, 0.25) is 0 Å². The van der Waals surface area contributed by atoms with E-state index in [9.17, 15) is 4.79 Å². The van der Waals surface area contributed by atoms with Crippen molar-refractivity contribution in [1.29, 1.82) is 0 Å². The molecule has 0 radical (unpaired) electrons. The number of aromatic amines is 1. The van der Waals surface area contributed by atoms with E-state index in [1.165, 1.54) is 11.3 Å². The SMILES string of the molecule is C=CCOC(=O)N1CC=C(c2csc(=S)[nH]2)[C@H]1C. The van der Waals surface area contributed by atoms with Gasteiger partial charge in [-0.15, -0.1) is 11.3 Å². The molecule has 0 saturated carbocycles. The van der Waals surface area contributed by atoms with E-state index in [1.54, 1.807) is 11.0 Å². The van der Waals surface area contributed by atoms with Gasteiger partial charge in [-0.05, 0) is 24.7 Å². The van der Waals surface area contributed by atoms with Gasteiger partial charge < -0.3 is 9.72 Å². The number of rotatable bonds is 3. The summed E-state index contributed by atoms with van der Waals surface area (Å²) in [5.74, 6) is 0. The number of nitrogens with zero attached hydrogens (tertiary/aromatic N) is 1. The number of H-pyrrole nitrogens is 1. The maximum Gasteiger partial charge on any atom is 0.410 e. The Kier molecular flexibility index (Phi) is 3.98. The first kappa shape index (κ1) is 13.0. The van der Waals surface area contributed by atoms with Crippen molar-refractivity contribution in [2.45, 2.75) is 13.0 Å². The molecule has 0 spiro atoms. The van der Waals surface area contributed by atoms with Gasteiger partial charge in [0.05, 0.1) is 11.7 Å². The highest BCUT2D eigenvalue weighted by Gasteiger charge is 2.29. The van der Waals surface area contributed by atoms with Crippen molar-refractivity contribution >= 4 is 35.2 Å². The fourth-order valence-corrected chi connectivity index (χ4v) is 2.74. The van der Waals surface area contributed by atoms with Crippen molar-refractivity contribution < 1.29 is 9.53 Å². The van der Waals surface area contributed by atoms with Gasteiger partial charge in [-0.2, -0.15) is 0 Å². The molecule has 0 saturated heterocycles. The van der Waals surface area contributed by atoms with Crippen LogP contribution >= 0.6 is 23.6 Å². The first-order valence-electron chi connectivity index (χ1n) is 5.56. The fraction of sp³-hybridized carbons (Fsp3) is 0.333. The lowest BCUT2D eigenvalue weighted by Crippen LogP contribution is -2.35. The maximum atomic E-state index is 11.8. The molecule has 1 amide bonds. The molecule has 0 aliphatic carbocycles. The second-order valence-corrected chi connectivity index (χ2v) is 5.46. The lowest BCUT2D eigenvalue weighted by atomic mass is 10.1. The summed E-state index contributed by atoms with van der Waals surface area (Å²) in [4.78, 5) is 16.6. The number of ether oxygens (including phenoxy) is 1. The smallest absolute Gasteiger partial charge is 0.410 e. The zero-order chi connectivity index (χ0) is 13.1. The summed E-state index contributed by atoms with van der Waals surface area (Å²) in [6.07, 6.45) is 3.26. The average Bonchev–Trinajstić information content (AvgIpc) is 2.92. The summed E-state index contributed by atoms with van der Waals surface area (Å²) >= 11 is 6.55. The van der Waals surface area contributed by atoms with Gasteiger partial charge in [0.1, 0.15) is 6.61 Å². The van der Waals surface area contributed by atoms with E-state index < -0.39 is 0 Å². The van der Waals surface area contributed by atoms with Gasteiger partial charge in [0.25, 0.3) is 0 Å². The molecule has 0 fully saturated rings. The van der Waals surface area contributed by atoms with Crippen LogP contribution in [-0.2, 0) is 4.74 Å². The molecule has 96 valence electrons. The van der Waals surface area contributed by atoms with Gasteiger partial charge in [-0.1, -0.05) is 18.7 Å². The van der Waals surface area contributed by atoms with Crippen molar-refractivity contribution in [3.63, 3.8) is 0 Å². The topological polar surface area (TPSA) is 45.3 Å². The summed E-state index contributed by atoms with van der Waals surface area (Å²) < 4.78 is 5.78. The third-order valence-electron chi connectivity index (χ3n) is 2.82. The Labute approximate surface area is 115 Å². The first-order valence-corrected chi connectivity index (χ1v) is 6.84. The van der Waals surface area contributed by atoms with Crippen molar-refractivity contribution in [1.82, 2.24) is 9.88 Å². The predicted molar refractivity (Wildman–Crippen MR) is 75.2 cm³/mol. The van der Waals surface area contributed by atoms with E-state index in [-0.39, 0.29) is 18.7 Å². The Morgan fingerprint density at radius 2 is 2.61 bits per heavy atom. The molecule has 4 nitrogen and oxygen atoms in total. The molecule has 2 rings (SSSR count). The first-order chi connectivity index (χ1) is 8.63. The molecular formula is C12H14N2O2S2. The van der Waals surface area contributed by atoms with Crippen LogP contribution in [0.2, 0.25) is 0 Å². The molecule has 2 heterocycles. The molecule has 1 aliphatic heterocycles. The summed E-state index contributed by atoms with van der Waals surface area (Å²) in [6.45, 7) is 6.29. The number of amides is 1. The number of hydrogen-bond donors (Lipinski definition) is 1. The van der Waals surface area contributed by atoms with E-state index in [1.807, 2.05) is 18.4 Å². The van der Waals surface area contributed by atoms with Crippen molar-refractivity contribution in [2.75, 3.05) is 13.2 Å². The van der Waals surface area contributed by atoms with Gasteiger partial charge >= 0.3 is 6.09 Å². The summed E-state index contributed by atoms with van der Waals surface area (Å²) in [7, 11) is 0. The normalized spacial score (nSPS) is 18.6. The summed E-state index contributed by atoms with van der Waals surface area (Å²) in [5.41, 5.74) is 2.06. The Morgan fingerprint density at radius 3 is 3.22 bits per heavy atom. The van der Waals surface area contributed by atoms with Crippen molar-refractivity contribution in [3.05, 3.63) is 33.8 Å². The van der Waals surface area contributed by atoms with Crippen LogP contribution < -0.4 is 0 Å². The van der Waals surface area contributed by atoms with Gasteiger partial charge in [0.15, 0.2) is 3.95 Å². The molecule has 0 bridgehead atoms. The van der Waals surface area contributed by atoms with Crippen LogP contribution in [0, 0.1) is 3.95 Å². The number of carbonyl (C=O) groups excluding carboxylic acids is 1. The molecule has 1 aromatic rings. The van der Waals surface area contributed by atoms with Gasteiger partial charge in [-0.3, -0.25) is 4.90 Å². The summed E-state index contributed by atoms with van der Waals surface area (Å²) in [5, 5.41) is 1.98. The zero-order valence-corrected chi connectivity index (χ0v) is 11.6. The van der Waals surface area contributed by atoms with Crippen molar-refractivity contribution in [3.8, 4) is 0 Å². The minimum Gasteiger partial charge on any atom is -0.445 e. The molecule has 1 atom stereocenters. The Balaban J connectivity index is 2.08. The predicted octanol–water partition coefficient (Wildman–Crippen LogP) is 3.22. The monoisotopic (exact) mass is 282 g/mol. The number of thiazole rings is 1. The molecule has 0 unspecified atom stereocenters. The van der Waals surface area contributed by atoms with Crippen LogP contribution in [0.3, 0.4) is 0 Å².